The highest BCUT2D eigenvalue weighted by molar-refractivity contribution is 6.32. The average Bonchev–Trinajstić information content (AvgIpc) is 2.33. The summed E-state index contributed by atoms with van der Waals surface area (Å²) in [6.45, 7) is 4.06. The van der Waals surface area contributed by atoms with Gasteiger partial charge in [-0.1, -0.05) is 59.6 Å². The number of hydrogen-bond acceptors (Lipinski definition) is 1. The normalized spacial score (nSPS) is 12.5. The van der Waals surface area contributed by atoms with E-state index in [1.54, 1.807) is 0 Å². The van der Waals surface area contributed by atoms with Crippen molar-refractivity contribution in [3.63, 3.8) is 0 Å². The van der Waals surface area contributed by atoms with Crippen LogP contribution in [0, 0.1) is 13.8 Å². The van der Waals surface area contributed by atoms with Gasteiger partial charge in [0.05, 0.1) is 6.04 Å². The van der Waals surface area contributed by atoms with E-state index in [1.807, 2.05) is 25.1 Å². The van der Waals surface area contributed by atoms with Crippen LogP contribution in [-0.2, 0) is 0 Å². The third-order valence-electron chi connectivity index (χ3n) is 2.99. The molecule has 2 aromatic rings. The fourth-order valence-electron chi connectivity index (χ4n) is 1.86. The SMILES string of the molecule is Cc1ccc(C(N)c2cccc(C)c2Cl)cc1. The molecule has 88 valence electrons. The molecule has 1 atom stereocenters. The Morgan fingerprint density at radius 2 is 1.65 bits per heavy atom. The van der Waals surface area contributed by atoms with Crippen LogP contribution in [0.4, 0.5) is 0 Å². The maximum Gasteiger partial charge on any atom is 0.0566 e. The lowest BCUT2D eigenvalue weighted by atomic mass is 9.97. The van der Waals surface area contributed by atoms with Crippen molar-refractivity contribution in [3.05, 3.63) is 69.7 Å². The zero-order chi connectivity index (χ0) is 12.4. The van der Waals surface area contributed by atoms with Gasteiger partial charge in [-0.2, -0.15) is 0 Å². The number of aryl methyl sites for hydroxylation is 2. The van der Waals surface area contributed by atoms with Crippen LogP contribution in [0.1, 0.15) is 28.3 Å². The van der Waals surface area contributed by atoms with Crippen LogP contribution < -0.4 is 5.73 Å². The van der Waals surface area contributed by atoms with Gasteiger partial charge in [-0.3, -0.25) is 0 Å². The molecular formula is C15H16ClN. The second-order valence-corrected chi connectivity index (χ2v) is 4.74. The van der Waals surface area contributed by atoms with Gasteiger partial charge in [-0.25, -0.2) is 0 Å². The largest absolute Gasteiger partial charge is 0.320 e. The smallest absolute Gasteiger partial charge is 0.0566 e. The van der Waals surface area contributed by atoms with E-state index in [0.717, 1.165) is 21.7 Å². The van der Waals surface area contributed by atoms with Crippen molar-refractivity contribution in [1.29, 1.82) is 0 Å². The van der Waals surface area contributed by atoms with Gasteiger partial charge in [-0.15, -0.1) is 0 Å². The van der Waals surface area contributed by atoms with Crippen LogP contribution in [0.15, 0.2) is 42.5 Å². The third kappa shape index (κ3) is 2.51. The standard InChI is InChI=1S/C15H16ClN/c1-10-6-8-12(9-7-10)15(17)13-5-3-4-11(2)14(13)16/h3-9,15H,17H2,1-2H3. The van der Waals surface area contributed by atoms with Crippen molar-refractivity contribution in [3.8, 4) is 0 Å². The minimum Gasteiger partial charge on any atom is -0.320 e. The number of rotatable bonds is 2. The van der Waals surface area contributed by atoms with Crippen molar-refractivity contribution in [1.82, 2.24) is 0 Å². The summed E-state index contributed by atoms with van der Waals surface area (Å²) < 4.78 is 0. The molecule has 1 nitrogen and oxygen atoms in total. The summed E-state index contributed by atoms with van der Waals surface area (Å²) in [6.07, 6.45) is 0. The van der Waals surface area contributed by atoms with Crippen molar-refractivity contribution in [2.24, 2.45) is 5.73 Å². The summed E-state index contributed by atoms with van der Waals surface area (Å²) in [4.78, 5) is 0. The lowest BCUT2D eigenvalue weighted by Gasteiger charge is -2.15. The van der Waals surface area contributed by atoms with Gasteiger partial charge < -0.3 is 5.73 Å². The van der Waals surface area contributed by atoms with Gasteiger partial charge in [-0.05, 0) is 30.5 Å². The topological polar surface area (TPSA) is 26.0 Å². The van der Waals surface area contributed by atoms with E-state index in [1.165, 1.54) is 5.56 Å². The van der Waals surface area contributed by atoms with Crippen molar-refractivity contribution < 1.29 is 0 Å². The predicted molar refractivity (Wildman–Crippen MR) is 73.4 cm³/mol. The maximum absolute atomic E-state index is 6.29. The second-order valence-electron chi connectivity index (χ2n) is 4.37. The van der Waals surface area contributed by atoms with Gasteiger partial charge in [0.1, 0.15) is 0 Å². The molecule has 0 heterocycles. The minimum absolute atomic E-state index is 0.164. The average molecular weight is 246 g/mol. The molecule has 0 aliphatic carbocycles. The van der Waals surface area contributed by atoms with E-state index in [4.69, 9.17) is 17.3 Å². The molecular weight excluding hydrogens is 230 g/mol. The molecule has 17 heavy (non-hydrogen) atoms. The zero-order valence-electron chi connectivity index (χ0n) is 10.1. The van der Waals surface area contributed by atoms with Gasteiger partial charge in [0.15, 0.2) is 0 Å². The van der Waals surface area contributed by atoms with Crippen molar-refractivity contribution in [2.75, 3.05) is 0 Å². The lowest BCUT2D eigenvalue weighted by molar-refractivity contribution is 0.869. The first-order valence-corrected chi connectivity index (χ1v) is 6.04. The second kappa shape index (κ2) is 4.91. The maximum atomic E-state index is 6.29. The quantitative estimate of drug-likeness (QED) is 0.850. The number of halogens is 1. The first-order valence-electron chi connectivity index (χ1n) is 5.67. The van der Waals surface area contributed by atoms with Gasteiger partial charge in [0, 0.05) is 5.02 Å². The zero-order valence-corrected chi connectivity index (χ0v) is 10.8. The van der Waals surface area contributed by atoms with Crippen molar-refractivity contribution in [2.45, 2.75) is 19.9 Å². The fraction of sp³-hybridized carbons (Fsp3) is 0.200. The predicted octanol–water partition coefficient (Wildman–Crippen LogP) is 4.00. The number of benzene rings is 2. The van der Waals surface area contributed by atoms with Crippen molar-refractivity contribution >= 4 is 11.6 Å². The highest BCUT2D eigenvalue weighted by Gasteiger charge is 2.13. The van der Waals surface area contributed by atoms with E-state index in [-0.39, 0.29) is 6.04 Å². The summed E-state index contributed by atoms with van der Waals surface area (Å²) in [7, 11) is 0. The molecule has 0 amide bonds. The van der Waals surface area contributed by atoms with E-state index in [9.17, 15) is 0 Å². The first-order chi connectivity index (χ1) is 8.09. The molecule has 0 bridgehead atoms. The Morgan fingerprint density at radius 1 is 1.00 bits per heavy atom. The molecule has 0 aliphatic rings. The van der Waals surface area contributed by atoms with Gasteiger partial charge in [0.2, 0.25) is 0 Å². The monoisotopic (exact) mass is 245 g/mol. The van der Waals surface area contributed by atoms with Crippen LogP contribution in [0.3, 0.4) is 0 Å². The lowest BCUT2D eigenvalue weighted by Crippen LogP contribution is -2.12. The Bertz CT molecular complexity index is 517. The highest BCUT2D eigenvalue weighted by Crippen LogP contribution is 2.28. The molecule has 0 radical (unpaired) electrons. The molecule has 2 N–H and O–H groups in total. The Balaban J connectivity index is 2.40. The van der Waals surface area contributed by atoms with E-state index in [2.05, 4.69) is 31.2 Å². The van der Waals surface area contributed by atoms with E-state index < -0.39 is 0 Å². The molecule has 0 aromatic heterocycles. The van der Waals surface area contributed by atoms with Crippen LogP contribution in [0.2, 0.25) is 5.02 Å². The Hall–Kier alpha value is -1.31. The molecule has 0 saturated heterocycles. The molecule has 2 heteroatoms. The summed E-state index contributed by atoms with van der Waals surface area (Å²) >= 11 is 6.29. The van der Waals surface area contributed by atoms with Crippen LogP contribution in [0.5, 0.6) is 0 Å². The third-order valence-corrected chi connectivity index (χ3v) is 3.51. The highest BCUT2D eigenvalue weighted by atomic mass is 35.5. The van der Waals surface area contributed by atoms with Gasteiger partial charge in [0.25, 0.3) is 0 Å². The Kier molecular flexibility index (Phi) is 3.51. The first kappa shape index (κ1) is 12.2. The Labute approximate surface area is 107 Å². The molecule has 0 fully saturated rings. The van der Waals surface area contributed by atoms with Gasteiger partial charge >= 0.3 is 0 Å². The number of hydrogen-bond donors (Lipinski definition) is 1. The fourth-order valence-corrected chi connectivity index (χ4v) is 2.11. The minimum atomic E-state index is -0.164. The molecule has 2 rings (SSSR count). The van der Waals surface area contributed by atoms with Crippen LogP contribution in [-0.4, -0.2) is 0 Å². The number of nitrogens with two attached hydrogens (primary N) is 1. The van der Waals surface area contributed by atoms with Crippen LogP contribution >= 0.6 is 11.6 Å². The summed E-state index contributed by atoms with van der Waals surface area (Å²) in [5.41, 5.74) is 10.6. The van der Waals surface area contributed by atoms with E-state index in [0.29, 0.717) is 0 Å². The summed E-state index contributed by atoms with van der Waals surface area (Å²) in [5.74, 6) is 0. The Morgan fingerprint density at radius 3 is 2.29 bits per heavy atom. The van der Waals surface area contributed by atoms with E-state index >= 15 is 0 Å². The summed E-state index contributed by atoms with van der Waals surface area (Å²) in [5, 5.41) is 0.764. The molecule has 0 spiro atoms. The molecule has 0 saturated carbocycles. The molecule has 0 aliphatic heterocycles. The van der Waals surface area contributed by atoms with Crippen LogP contribution in [0.25, 0.3) is 0 Å². The molecule has 2 aromatic carbocycles. The molecule has 1 unspecified atom stereocenters. The summed E-state index contributed by atoms with van der Waals surface area (Å²) in [6, 6.07) is 14.1.